The smallest absolute Gasteiger partial charge is 0.322 e. The van der Waals surface area contributed by atoms with Gasteiger partial charge in [0, 0.05) is 25.2 Å². The van der Waals surface area contributed by atoms with Crippen molar-refractivity contribution < 1.29 is 14.7 Å². The number of aliphatic hydroxyl groups excluding tert-OH is 1. The Balaban J connectivity index is 1.66. The number of benzene rings is 1. The second-order valence-corrected chi connectivity index (χ2v) is 8.35. The summed E-state index contributed by atoms with van der Waals surface area (Å²) in [6, 6.07) is 6.28. The van der Waals surface area contributed by atoms with E-state index in [0.717, 1.165) is 25.9 Å². The van der Waals surface area contributed by atoms with E-state index in [0.29, 0.717) is 12.8 Å². The molecule has 2 aliphatic heterocycles. The lowest BCUT2D eigenvalue weighted by atomic mass is 9.69. The van der Waals surface area contributed by atoms with Gasteiger partial charge in [0.2, 0.25) is 0 Å². The molecule has 140 valence electrons. The molecule has 0 bridgehead atoms. The Labute approximate surface area is 153 Å². The fourth-order valence-electron chi connectivity index (χ4n) is 5.06. The second kappa shape index (κ2) is 6.06. The molecule has 1 aromatic rings. The van der Waals surface area contributed by atoms with E-state index in [1.807, 2.05) is 0 Å². The first kappa shape index (κ1) is 17.5. The first-order valence-electron chi connectivity index (χ1n) is 9.48. The summed E-state index contributed by atoms with van der Waals surface area (Å²) in [4.78, 5) is 26.4. The number of nitrogens with zero attached hydrogens (tertiary/aromatic N) is 1. The maximum Gasteiger partial charge on any atom is 0.322 e. The molecule has 2 heterocycles. The summed E-state index contributed by atoms with van der Waals surface area (Å²) in [5.41, 5.74) is 3.11. The molecule has 0 radical (unpaired) electrons. The zero-order valence-corrected chi connectivity index (χ0v) is 15.5. The van der Waals surface area contributed by atoms with Crippen molar-refractivity contribution in [3.8, 4) is 0 Å². The molecule has 3 N–H and O–H groups in total. The zero-order chi connectivity index (χ0) is 18.5. The maximum absolute atomic E-state index is 12.3. The van der Waals surface area contributed by atoms with Crippen LogP contribution in [0.25, 0.3) is 0 Å². The minimum absolute atomic E-state index is 0.106. The molecule has 1 saturated heterocycles. The van der Waals surface area contributed by atoms with Crippen molar-refractivity contribution >= 4 is 11.9 Å². The van der Waals surface area contributed by atoms with E-state index in [9.17, 15) is 14.7 Å². The summed E-state index contributed by atoms with van der Waals surface area (Å²) in [5, 5.41) is 14.8. The van der Waals surface area contributed by atoms with Gasteiger partial charge in [-0.1, -0.05) is 30.7 Å². The van der Waals surface area contributed by atoms with Crippen LogP contribution in [0.4, 0.5) is 4.79 Å². The van der Waals surface area contributed by atoms with Gasteiger partial charge in [-0.2, -0.15) is 0 Å². The number of aliphatic hydroxyl groups is 1. The number of hydrogen-bond acceptors (Lipinski definition) is 4. The van der Waals surface area contributed by atoms with Gasteiger partial charge in [-0.3, -0.25) is 15.0 Å². The van der Waals surface area contributed by atoms with Crippen LogP contribution >= 0.6 is 0 Å². The van der Waals surface area contributed by atoms with Gasteiger partial charge in [-0.25, -0.2) is 4.79 Å². The summed E-state index contributed by atoms with van der Waals surface area (Å²) in [7, 11) is 0. The Morgan fingerprint density at radius 3 is 2.58 bits per heavy atom. The number of carbonyl (C=O) groups is 2. The van der Waals surface area contributed by atoms with Gasteiger partial charge in [0.05, 0.1) is 0 Å². The monoisotopic (exact) mass is 357 g/mol. The molecule has 2 spiro atoms. The summed E-state index contributed by atoms with van der Waals surface area (Å²) in [6.45, 7) is 6.06. The third-order valence-corrected chi connectivity index (χ3v) is 6.52. The Kier molecular flexibility index (Phi) is 4.08. The first-order valence-corrected chi connectivity index (χ1v) is 9.48. The molecule has 0 unspecified atom stereocenters. The molecule has 3 amide bonds. The van der Waals surface area contributed by atoms with Gasteiger partial charge in [0.1, 0.15) is 5.54 Å². The summed E-state index contributed by atoms with van der Waals surface area (Å²) in [5.74, 6) is 0.0161. The number of hydrogen-bond donors (Lipinski definition) is 3. The van der Waals surface area contributed by atoms with Crippen molar-refractivity contribution in [2.45, 2.75) is 57.2 Å². The van der Waals surface area contributed by atoms with Crippen LogP contribution < -0.4 is 10.6 Å². The maximum atomic E-state index is 12.3. The summed E-state index contributed by atoms with van der Waals surface area (Å²) >= 11 is 0. The fourth-order valence-corrected chi connectivity index (χ4v) is 5.06. The highest BCUT2D eigenvalue weighted by atomic mass is 16.3. The van der Waals surface area contributed by atoms with Crippen LogP contribution in [0.5, 0.6) is 0 Å². The third kappa shape index (κ3) is 2.55. The number of urea groups is 1. The molecule has 3 aliphatic rings. The van der Waals surface area contributed by atoms with Crippen LogP contribution in [0.2, 0.25) is 0 Å². The van der Waals surface area contributed by atoms with E-state index in [1.165, 1.54) is 16.7 Å². The van der Waals surface area contributed by atoms with Gasteiger partial charge >= 0.3 is 6.03 Å². The molecule has 6 nitrogen and oxygen atoms in total. The topological polar surface area (TPSA) is 81.7 Å². The number of amides is 3. The van der Waals surface area contributed by atoms with Crippen molar-refractivity contribution in [1.82, 2.24) is 15.5 Å². The van der Waals surface area contributed by atoms with E-state index >= 15 is 0 Å². The highest BCUT2D eigenvalue weighted by Gasteiger charge is 2.55. The quantitative estimate of drug-likeness (QED) is 0.721. The number of imide groups is 1. The zero-order valence-electron chi connectivity index (χ0n) is 15.5. The van der Waals surface area contributed by atoms with E-state index < -0.39 is 5.54 Å². The molecule has 1 saturated carbocycles. The molecule has 4 rings (SSSR count). The Morgan fingerprint density at radius 2 is 1.96 bits per heavy atom. The average molecular weight is 357 g/mol. The number of nitrogens with one attached hydrogen (secondary N) is 2. The SMILES string of the molecule is Cc1ccc2c(c1)CN(C[C@@H](C)CO)C21CCC2(CC1)NC(=O)NC2=O. The largest absolute Gasteiger partial charge is 0.396 e. The van der Waals surface area contributed by atoms with E-state index in [-0.39, 0.29) is 30.0 Å². The van der Waals surface area contributed by atoms with Crippen LogP contribution in [0.15, 0.2) is 18.2 Å². The summed E-state index contributed by atoms with van der Waals surface area (Å²) < 4.78 is 0. The summed E-state index contributed by atoms with van der Waals surface area (Å²) in [6.07, 6.45) is 2.94. The van der Waals surface area contributed by atoms with Gasteiger partial charge in [0.15, 0.2) is 0 Å². The molecule has 26 heavy (non-hydrogen) atoms. The van der Waals surface area contributed by atoms with E-state index in [1.54, 1.807) is 0 Å². The van der Waals surface area contributed by atoms with Crippen molar-refractivity contribution in [1.29, 1.82) is 0 Å². The lowest BCUT2D eigenvalue weighted by Crippen LogP contribution is -2.55. The van der Waals surface area contributed by atoms with Crippen LogP contribution in [-0.2, 0) is 16.9 Å². The molecular weight excluding hydrogens is 330 g/mol. The number of rotatable bonds is 3. The third-order valence-electron chi connectivity index (χ3n) is 6.52. The molecule has 1 aliphatic carbocycles. The lowest BCUT2D eigenvalue weighted by molar-refractivity contribution is -0.126. The van der Waals surface area contributed by atoms with Gasteiger partial charge in [0.25, 0.3) is 5.91 Å². The van der Waals surface area contributed by atoms with Gasteiger partial charge in [-0.15, -0.1) is 0 Å². The molecular formula is C20H27N3O3. The molecule has 2 fully saturated rings. The second-order valence-electron chi connectivity index (χ2n) is 8.35. The number of aryl methyl sites for hydroxylation is 1. The Bertz CT molecular complexity index is 753. The number of carbonyl (C=O) groups excluding carboxylic acids is 2. The first-order chi connectivity index (χ1) is 12.4. The minimum atomic E-state index is -0.746. The van der Waals surface area contributed by atoms with Crippen LogP contribution in [-0.4, -0.2) is 40.6 Å². The van der Waals surface area contributed by atoms with Crippen molar-refractivity contribution in [2.24, 2.45) is 5.92 Å². The van der Waals surface area contributed by atoms with Crippen LogP contribution in [0, 0.1) is 12.8 Å². The molecule has 0 aromatic heterocycles. The minimum Gasteiger partial charge on any atom is -0.396 e. The standard InChI is InChI=1S/C20H27N3O3/c1-13-3-4-16-15(9-13)11-23(10-14(2)12-24)20(16)7-5-19(6-8-20)17(25)21-18(26)22-19/h3-4,9,14,24H,5-8,10-12H2,1-2H3,(H2,21,22,25,26)/t14-,19?,20?/m1/s1. The van der Waals surface area contributed by atoms with E-state index in [2.05, 4.69) is 47.6 Å². The highest BCUT2D eigenvalue weighted by molar-refractivity contribution is 6.07. The van der Waals surface area contributed by atoms with Crippen molar-refractivity contribution in [3.63, 3.8) is 0 Å². The Morgan fingerprint density at radius 1 is 1.23 bits per heavy atom. The van der Waals surface area contributed by atoms with Crippen molar-refractivity contribution in [2.75, 3.05) is 13.2 Å². The lowest BCUT2D eigenvalue weighted by Gasteiger charge is -2.47. The number of fused-ring (bicyclic) bond motifs is 2. The molecule has 1 aromatic carbocycles. The average Bonchev–Trinajstić information content (AvgIpc) is 3.04. The van der Waals surface area contributed by atoms with E-state index in [4.69, 9.17) is 0 Å². The van der Waals surface area contributed by atoms with Gasteiger partial charge in [-0.05, 0) is 49.7 Å². The van der Waals surface area contributed by atoms with Gasteiger partial charge < -0.3 is 10.4 Å². The van der Waals surface area contributed by atoms with Crippen molar-refractivity contribution in [3.05, 3.63) is 34.9 Å². The predicted octanol–water partition coefficient (Wildman–Crippen LogP) is 1.79. The van der Waals surface area contributed by atoms with Crippen LogP contribution in [0.1, 0.15) is 49.3 Å². The normalized spacial score (nSPS) is 32.0. The Hall–Kier alpha value is -1.92. The predicted molar refractivity (Wildman–Crippen MR) is 97.4 cm³/mol. The highest BCUT2D eigenvalue weighted by Crippen LogP contribution is 2.51. The molecule has 6 heteroatoms. The fraction of sp³-hybridized carbons (Fsp3) is 0.600. The van der Waals surface area contributed by atoms with Crippen LogP contribution in [0.3, 0.4) is 0 Å². The molecule has 1 atom stereocenters.